The molecule has 0 heterocycles. The van der Waals surface area contributed by atoms with Crippen molar-refractivity contribution in [3.8, 4) is 0 Å². The summed E-state index contributed by atoms with van der Waals surface area (Å²) in [6, 6.07) is 0. The van der Waals surface area contributed by atoms with Gasteiger partial charge in [-0.1, -0.05) is 0 Å². The second-order valence-electron chi connectivity index (χ2n) is 3.11. The molecule has 0 unspecified atom stereocenters. The number of ether oxygens (including phenoxy) is 1. The van der Waals surface area contributed by atoms with Crippen LogP contribution in [0.15, 0.2) is 10.7 Å². The second-order valence-corrected chi connectivity index (χ2v) is 13.6. The van der Waals surface area contributed by atoms with Gasteiger partial charge < -0.3 is 0 Å². The van der Waals surface area contributed by atoms with Crippen molar-refractivity contribution in [1.29, 1.82) is 0 Å². The van der Waals surface area contributed by atoms with Crippen LogP contribution >= 0.6 is 0 Å². The molecule has 0 radical (unpaired) electrons. The van der Waals surface area contributed by atoms with Gasteiger partial charge in [-0.15, -0.1) is 0 Å². The van der Waals surface area contributed by atoms with E-state index in [0.717, 1.165) is 0 Å². The van der Waals surface area contributed by atoms with E-state index in [-0.39, 0.29) is 0 Å². The summed E-state index contributed by atoms with van der Waals surface area (Å²) in [4.78, 5) is 0. The van der Waals surface area contributed by atoms with Gasteiger partial charge in [0, 0.05) is 0 Å². The fourth-order valence-electron chi connectivity index (χ4n) is 0.857. The Morgan fingerprint density at radius 1 is 1.33 bits per heavy atom. The number of hydrogen-bond donors (Lipinski definition) is 0. The number of methoxy groups -OCH3 is 1. The molecule has 0 aliphatic heterocycles. The minimum absolute atomic E-state index is 1.23. The van der Waals surface area contributed by atoms with E-state index in [2.05, 4.69) is 23.3 Å². The van der Waals surface area contributed by atoms with Gasteiger partial charge in [-0.25, -0.2) is 0 Å². The summed E-state index contributed by atoms with van der Waals surface area (Å²) < 4.78 is 6.44. The zero-order valence-corrected chi connectivity index (χ0v) is 9.08. The summed E-state index contributed by atoms with van der Waals surface area (Å²) in [6.45, 7) is 2.04. The molecule has 0 aliphatic carbocycles. The van der Waals surface area contributed by atoms with Crippen LogP contribution in [0.3, 0.4) is 0 Å². The first-order chi connectivity index (χ1) is 4.02. The summed E-state index contributed by atoms with van der Waals surface area (Å²) in [7, 11) is 1.76. The molecule has 1 nitrogen and oxygen atoms in total. The topological polar surface area (TPSA) is 9.23 Å². The first-order valence-electron chi connectivity index (χ1n) is 3.23. The van der Waals surface area contributed by atoms with E-state index in [1.807, 2.05) is 6.92 Å². The van der Waals surface area contributed by atoms with Crippen LogP contribution in [0.4, 0.5) is 0 Å². The molecule has 0 amide bonds. The molecule has 2 heteroatoms. The van der Waals surface area contributed by atoms with E-state index in [9.17, 15) is 0 Å². The van der Waals surface area contributed by atoms with Gasteiger partial charge in [0.1, 0.15) is 0 Å². The molecule has 0 bridgehead atoms. The first kappa shape index (κ1) is 9.08. The Balaban J connectivity index is 4.14. The molecule has 0 saturated heterocycles. The standard InChI is InChI=1S/C7H16GeO/c1-6-7(9-5)8(2,3)4/h6H,1-5H3/b7-6-. The molecule has 0 aromatic carbocycles. The maximum absolute atomic E-state index is 5.21. The van der Waals surface area contributed by atoms with Crippen LogP contribution in [-0.2, 0) is 4.74 Å². The average molecular weight is 189 g/mol. The Bertz CT molecular complexity index is 111. The van der Waals surface area contributed by atoms with E-state index in [1.54, 1.807) is 7.11 Å². The van der Waals surface area contributed by atoms with Crippen molar-refractivity contribution in [3.05, 3.63) is 10.7 Å². The first-order valence-corrected chi connectivity index (χ1v) is 10.6. The van der Waals surface area contributed by atoms with Crippen LogP contribution in [0, 0.1) is 0 Å². The molecule has 0 aromatic rings. The predicted octanol–water partition coefficient (Wildman–Crippen LogP) is 2.41. The second kappa shape index (κ2) is 3.30. The van der Waals surface area contributed by atoms with Gasteiger partial charge in [0.25, 0.3) is 0 Å². The van der Waals surface area contributed by atoms with Gasteiger partial charge in [0.15, 0.2) is 0 Å². The normalized spacial score (nSPS) is 13.7. The fourth-order valence-corrected chi connectivity index (χ4v) is 3.96. The van der Waals surface area contributed by atoms with E-state index < -0.39 is 13.3 Å². The van der Waals surface area contributed by atoms with Gasteiger partial charge in [-0.2, -0.15) is 0 Å². The molecule has 0 fully saturated rings. The number of allylic oxidation sites excluding steroid dienone is 1. The Morgan fingerprint density at radius 2 is 1.78 bits per heavy atom. The van der Waals surface area contributed by atoms with Crippen LogP contribution in [-0.4, -0.2) is 20.4 Å². The molecular weight excluding hydrogens is 173 g/mol. The third kappa shape index (κ3) is 2.94. The number of rotatable bonds is 2. The zero-order valence-electron chi connectivity index (χ0n) is 6.99. The number of hydrogen-bond acceptors (Lipinski definition) is 1. The van der Waals surface area contributed by atoms with Crippen LogP contribution in [0.5, 0.6) is 0 Å². The van der Waals surface area contributed by atoms with Crippen LogP contribution in [0.25, 0.3) is 0 Å². The summed E-state index contributed by atoms with van der Waals surface area (Å²) >= 11 is -1.60. The SMILES string of the molecule is C/C=[C](\OC)[Ge]([CH3])([CH3])[CH3]. The predicted molar refractivity (Wildman–Crippen MR) is 44.1 cm³/mol. The van der Waals surface area contributed by atoms with Crippen LogP contribution < -0.4 is 0 Å². The minimum atomic E-state index is -1.60. The van der Waals surface area contributed by atoms with Crippen molar-refractivity contribution in [2.45, 2.75) is 24.2 Å². The van der Waals surface area contributed by atoms with Crippen molar-refractivity contribution in [1.82, 2.24) is 0 Å². The molecule has 0 rings (SSSR count). The van der Waals surface area contributed by atoms with Crippen molar-refractivity contribution in [3.63, 3.8) is 0 Å². The molecule has 0 aliphatic rings. The van der Waals surface area contributed by atoms with Crippen molar-refractivity contribution in [2.24, 2.45) is 0 Å². The molecule has 0 aromatic heterocycles. The Kier molecular flexibility index (Phi) is 3.33. The van der Waals surface area contributed by atoms with Crippen molar-refractivity contribution >= 4 is 13.3 Å². The van der Waals surface area contributed by atoms with E-state index in [4.69, 9.17) is 4.74 Å². The molecule has 0 N–H and O–H groups in total. The third-order valence-electron chi connectivity index (χ3n) is 1.22. The van der Waals surface area contributed by atoms with Gasteiger partial charge in [0.2, 0.25) is 0 Å². The van der Waals surface area contributed by atoms with Gasteiger partial charge in [-0.05, 0) is 0 Å². The fraction of sp³-hybridized carbons (Fsp3) is 0.714. The quantitative estimate of drug-likeness (QED) is 0.478. The van der Waals surface area contributed by atoms with Gasteiger partial charge in [0.05, 0.1) is 0 Å². The molecule has 9 heavy (non-hydrogen) atoms. The summed E-state index contributed by atoms with van der Waals surface area (Å²) in [5.41, 5.74) is 0. The Morgan fingerprint density at radius 3 is 1.78 bits per heavy atom. The van der Waals surface area contributed by atoms with Crippen LogP contribution in [0.1, 0.15) is 6.92 Å². The van der Waals surface area contributed by atoms with Crippen molar-refractivity contribution in [2.75, 3.05) is 7.11 Å². The Labute approximate surface area is 60.5 Å². The average Bonchev–Trinajstić information content (AvgIpc) is 1.65. The molecule has 0 saturated carbocycles. The summed E-state index contributed by atoms with van der Waals surface area (Å²) in [6.07, 6.45) is 2.08. The third-order valence-corrected chi connectivity index (χ3v) is 5.36. The molecule has 54 valence electrons. The van der Waals surface area contributed by atoms with E-state index in [0.29, 0.717) is 0 Å². The van der Waals surface area contributed by atoms with Crippen molar-refractivity contribution < 1.29 is 4.74 Å². The zero-order chi connectivity index (χ0) is 7.49. The Hall–Kier alpha value is 0.0829. The van der Waals surface area contributed by atoms with Gasteiger partial charge in [-0.3, -0.25) is 0 Å². The van der Waals surface area contributed by atoms with E-state index in [1.165, 1.54) is 4.59 Å². The van der Waals surface area contributed by atoms with E-state index >= 15 is 0 Å². The molecule has 0 spiro atoms. The summed E-state index contributed by atoms with van der Waals surface area (Å²) in [5, 5.41) is 0. The van der Waals surface area contributed by atoms with Gasteiger partial charge >= 0.3 is 60.0 Å². The molecule has 0 atom stereocenters. The maximum atomic E-state index is 5.21. The summed E-state index contributed by atoms with van der Waals surface area (Å²) in [5.74, 6) is 6.95. The molecular formula is C7H16GeO. The van der Waals surface area contributed by atoms with Crippen LogP contribution in [0.2, 0.25) is 17.3 Å². The monoisotopic (exact) mass is 190 g/mol.